The first kappa shape index (κ1) is 7.33. The maximum Gasteiger partial charge on any atom is 0.271 e. The lowest BCUT2D eigenvalue weighted by Gasteiger charge is -1.94. The normalized spacial score (nSPS) is 9.45. The fraction of sp³-hybridized carbons (Fsp3) is 0. The summed E-state index contributed by atoms with van der Waals surface area (Å²) < 4.78 is 0. The zero-order valence-electron chi connectivity index (χ0n) is 5.50. The largest absolute Gasteiger partial charge is 0.299 e. The highest BCUT2D eigenvalue weighted by Gasteiger charge is 2.06. The Hall–Kier alpha value is -1.78. The molecule has 0 amide bonds. The predicted octanol–water partition coefficient (Wildman–Crippen LogP) is 1.42. The molecule has 0 atom stereocenters. The van der Waals surface area contributed by atoms with Gasteiger partial charge < -0.3 is 0 Å². The molecular weight excluding hydrogens is 146 g/mol. The third-order valence-corrected chi connectivity index (χ3v) is 1.21. The van der Waals surface area contributed by atoms with Crippen LogP contribution in [0.2, 0.25) is 0 Å². The predicted molar refractivity (Wildman–Crippen MR) is 38.6 cm³/mol. The number of hydrogen-bond donors (Lipinski definition) is 0. The van der Waals surface area contributed by atoms with Crippen LogP contribution in [-0.2, 0) is 0 Å². The standard InChI is InChI=1S/C6H5N3O2/c7-5-2-1-4(9(10)11)3-6(5)8/h1-3,7-8H. The molecule has 11 heavy (non-hydrogen) atoms. The van der Waals surface area contributed by atoms with Crippen molar-refractivity contribution in [1.82, 2.24) is 11.5 Å². The van der Waals surface area contributed by atoms with E-state index in [1.807, 2.05) is 0 Å². The minimum atomic E-state index is -0.586. The van der Waals surface area contributed by atoms with E-state index in [2.05, 4.69) is 0 Å². The van der Waals surface area contributed by atoms with E-state index in [1.54, 1.807) is 0 Å². The van der Waals surface area contributed by atoms with Crippen molar-refractivity contribution < 1.29 is 4.92 Å². The van der Waals surface area contributed by atoms with Crippen molar-refractivity contribution in [1.29, 1.82) is 0 Å². The molecule has 0 bridgehead atoms. The smallest absolute Gasteiger partial charge is 0.271 e. The summed E-state index contributed by atoms with van der Waals surface area (Å²) in [5.74, 6) is 0. The summed E-state index contributed by atoms with van der Waals surface area (Å²) in [7, 11) is 0. The highest BCUT2D eigenvalue weighted by Crippen LogP contribution is 2.23. The Morgan fingerprint density at radius 3 is 2.36 bits per heavy atom. The minimum Gasteiger partial charge on any atom is -0.299 e. The van der Waals surface area contributed by atoms with E-state index in [-0.39, 0.29) is 17.1 Å². The first-order valence-electron chi connectivity index (χ1n) is 2.83. The van der Waals surface area contributed by atoms with Crippen LogP contribution in [0.15, 0.2) is 18.2 Å². The summed E-state index contributed by atoms with van der Waals surface area (Å²) in [6.07, 6.45) is 0. The average molecular weight is 151 g/mol. The lowest BCUT2D eigenvalue weighted by molar-refractivity contribution is -0.384. The molecule has 0 saturated heterocycles. The third kappa shape index (κ3) is 1.37. The summed E-state index contributed by atoms with van der Waals surface area (Å²) in [6.45, 7) is 0. The van der Waals surface area contributed by atoms with Gasteiger partial charge in [0.25, 0.3) is 5.69 Å². The summed E-state index contributed by atoms with van der Waals surface area (Å²) in [5, 5.41) is 10.1. The molecule has 5 heteroatoms. The molecule has 56 valence electrons. The molecule has 1 aromatic carbocycles. The highest BCUT2D eigenvalue weighted by molar-refractivity contribution is 5.62. The molecule has 0 aliphatic rings. The molecule has 0 saturated carbocycles. The minimum absolute atomic E-state index is 0.00407. The molecule has 0 unspecified atom stereocenters. The average Bonchev–Trinajstić information content (AvgIpc) is 1.94. The summed E-state index contributed by atoms with van der Waals surface area (Å²) in [4.78, 5) is 9.54. The Labute approximate surface area is 62.8 Å². The molecule has 5 nitrogen and oxygen atoms in total. The lowest BCUT2D eigenvalue weighted by Crippen LogP contribution is -1.87. The van der Waals surface area contributed by atoms with Gasteiger partial charge >= 0.3 is 0 Å². The molecule has 0 aliphatic heterocycles. The van der Waals surface area contributed by atoms with E-state index >= 15 is 0 Å². The van der Waals surface area contributed by atoms with Crippen LogP contribution in [0.3, 0.4) is 0 Å². The van der Waals surface area contributed by atoms with E-state index < -0.39 is 4.92 Å². The molecule has 2 N–H and O–H groups in total. The van der Waals surface area contributed by atoms with Gasteiger partial charge in [0.15, 0.2) is 0 Å². The molecule has 0 fully saturated rings. The number of nitrogens with zero attached hydrogens (tertiary/aromatic N) is 1. The molecule has 0 aromatic heterocycles. The van der Waals surface area contributed by atoms with Gasteiger partial charge in [0.2, 0.25) is 0 Å². The number of nitrogens with one attached hydrogen (secondary N) is 2. The molecule has 1 rings (SSSR count). The molecule has 0 aliphatic carbocycles. The number of benzene rings is 1. The zero-order chi connectivity index (χ0) is 8.43. The molecule has 1 aromatic rings. The van der Waals surface area contributed by atoms with Gasteiger partial charge in [-0.25, -0.2) is 0 Å². The summed E-state index contributed by atoms with van der Waals surface area (Å²) >= 11 is 0. The molecular formula is C6H5N3O2. The summed E-state index contributed by atoms with van der Waals surface area (Å²) in [6, 6.07) is 3.50. The first-order valence-corrected chi connectivity index (χ1v) is 2.83. The Balaban J connectivity index is 3.15. The van der Waals surface area contributed by atoms with Gasteiger partial charge in [0.1, 0.15) is 0 Å². The van der Waals surface area contributed by atoms with Crippen molar-refractivity contribution >= 4 is 17.1 Å². The zero-order valence-corrected chi connectivity index (χ0v) is 5.50. The van der Waals surface area contributed by atoms with Crippen LogP contribution in [0.25, 0.3) is 0 Å². The van der Waals surface area contributed by atoms with E-state index in [9.17, 15) is 10.1 Å². The van der Waals surface area contributed by atoms with E-state index in [0.717, 1.165) is 6.07 Å². The maximum absolute atomic E-state index is 10.1. The Morgan fingerprint density at radius 1 is 1.27 bits per heavy atom. The van der Waals surface area contributed by atoms with Crippen molar-refractivity contribution in [2.45, 2.75) is 0 Å². The first-order chi connectivity index (χ1) is 5.11. The molecule has 0 spiro atoms. The van der Waals surface area contributed by atoms with Crippen LogP contribution in [0.5, 0.6) is 0 Å². The van der Waals surface area contributed by atoms with Crippen molar-refractivity contribution in [2.75, 3.05) is 0 Å². The fourth-order valence-corrected chi connectivity index (χ4v) is 0.646. The number of nitro groups is 1. The Morgan fingerprint density at radius 2 is 1.91 bits per heavy atom. The fourth-order valence-electron chi connectivity index (χ4n) is 0.646. The summed E-state index contributed by atoms with van der Waals surface area (Å²) in [5.41, 5.74) is 13.8. The van der Waals surface area contributed by atoms with Crippen molar-refractivity contribution in [2.24, 2.45) is 0 Å². The van der Waals surface area contributed by atoms with Gasteiger partial charge in [0, 0.05) is 12.1 Å². The lowest BCUT2D eigenvalue weighted by atomic mass is 10.2. The van der Waals surface area contributed by atoms with Gasteiger partial charge in [0.05, 0.1) is 16.3 Å². The maximum atomic E-state index is 10.1. The third-order valence-electron chi connectivity index (χ3n) is 1.21. The van der Waals surface area contributed by atoms with Crippen LogP contribution in [-0.4, -0.2) is 4.92 Å². The van der Waals surface area contributed by atoms with Gasteiger partial charge in [-0.3, -0.25) is 21.6 Å². The highest BCUT2D eigenvalue weighted by atomic mass is 16.6. The van der Waals surface area contributed by atoms with Crippen LogP contribution in [0.1, 0.15) is 0 Å². The van der Waals surface area contributed by atoms with Gasteiger partial charge in [-0.15, -0.1) is 0 Å². The van der Waals surface area contributed by atoms with E-state index in [4.69, 9.17) is 11.5 Å². The van der Waals surface area contributed by atoms with Gasteiger partial charge in [-0.1, -0.05) is 0 Å². The number of rotatable bonds is 1. The molecule has 0 heterocycles. The number of non-ortho nitro benzene ring substituents is 1. The van der Waals surface area contributed by atoms with Crippen LogP contribution in [0.4, 0.5) is 17.1 Å². The number of nitro benzene ring substituents is 1. The van der Waals surface area contributed by atoms with E-state index in [1.165, 1.54) is 12.1 Å². The van der Waals surface area contributed by atoms with Crippen LogP contribution in [0, 0.1) is 10.1 Å². The van der Waals surface area contributed by atoms with E-state index in [0.29, 0.717) is 0 Å². The van der Waals surface area contributed by atoms with Crippen LogP contribution < -0.4 is 11.5 Å². The number of hydrogen-bond acceptors (Lipinski definition) is 2. The topological polar surface area (TPSA) is 90.7 Å². The quantitative estimate of drug-likeness (QED) is 0.448. The molecule has 2 radical (unpaired) electrons. The SMILES string of the molecule is [NH]c1ccc([N+](=O)[O-])cc1[NH]. The Kier molecular flexibility index (Phi) is 1.63. The Bertz CT molecular complexity index is 298. The van der Waals surface area contributed by atoms with Gasteiger partial charge in [-0.05, 0) is 6.07 Å². The second kappa shape index (κ2) is 2.45. The monoisotopic (exact) mass is 151 g/mol. The second-order valence-electron chi connectivity index (χ2n) is 1.99. The van der Waals surface area contributed by atoms with Gasteiger partial charge in [-0.2, -0.15) is 0 Å². The van der Waals surface area contributed by atoms with Crippen molar-refractivity contribution in [3.05, 3.63) is 28.3 Å². The second-order valence-corrected chi connectivity index (χ2v) is 1.99. The van der Waals surface area contributed by atoms with Crippen molar-refractivity contribution in [3.63, 3.8) is 0 Å². The van der Waals surface area contributed by atoms with Crippen molar-refractivity contribution in [3.8, 4) is 0 Å². The van der Waals surface area contributed by atoms with Crippen LogP contribution >= 0.6 is 0 Å².